The first-order chi connectivity index (χ1) is 15.8. The van der Waals surface area contributed by atoms with Crippen LogP contribution in [0.15, 0.2) is 84.7 Å². The molecule has 5 rings (SSSR count). The lowest BCUT2D eigenvalue weighted by Gasteiger charge is -2.17. The van der Waals surface area contributed by atoms with E-state index in [-0.39, 0.29) is 16.8 Å². The average Bonchev–Trinajstić information content (AvgIpc) is 3.53. The van der Waals surface area contributed by atoms with Gasteiger partial charge in [0.1, 0.15) is 15.4 Å². The largest absolute Gasteiger partial charge is 0.673 e. The molecule has 2 unspecified atom stereocenters. The van der Waals surface area contributed by atoms with E-state index in [0.717, 1.165) is 23.5 Å². The van der Waals surface area contributed by atoms with E-state index in [0.29, 0.717) is 5.92 Å². The number of thioether (sulfide) groups is 3. The van der Waals surface area contributed by atoms with Crippen LogP contribution in [-0.4, -0.2) is 25.5 Å². The van der Waals surface area contributed by atoms with Crippen LogP contribution in [0.25, 0.3) is 0 Å². The molecule has 2 atom stereocenters. The minimum Gasteiger partial charge on any atom is -0.418 e. The van der Waals surface area contributed by atoms with Gasteiger partial charge in [-0.05, 0) is 46.3 Å². The third kappa shape index (κ3) is 6.26. The SMILES string of the molecule is F[B-](F)(F)F.O=C(c1ccccc1)N1CC(C[S+]2C=CSC2=C2SC=CS2)c2ccccc21. The van der Waals surface area contributed by atoms with E-state index >= 15 is 0 Å². The predicted molar refractivity (Wildman–Crippen MR) is 138 cm³/mol. The molecule has 0 fully saturated rings. The van der Waals surface area contributed by atoms with Crippen molar-refractivity contribution in [2.45, 2.75) is 5.92 Å². The van der Waals surface area contributed by atoms with Crippen molar-refractivity contribution in [2.24, 2.45) is 0 Å². The van der Waals surface area contributed by atoms with E-state index < -0.39 is 7.25 Å². The molecule has 0 radical (unpaired) electrons. The number of fused-ring (bicyclic) bond motifs is 1. The summed E-state index contributed by atoms with van der Waals surface area (Å²) in [4.78, 5) is 15.1. The second-order valence-corrected chi connectivity index (χ2v) is 12.2. The summed E-state index contributed by atoms with van der Waals surface area (Å²) in [5.74, 6) is 1.54. The van der Waals surface area contributed by atoms with E-state index in [4.69, 9.17) is 0 Å². The van der Waals surface area contributed by atoms with Gasteiger partial charge < -0.3 is 22.2 Å². The Morgan fingerprint density at radius 1 is 0.939 bits per heavy atom. The van der Waals surface area contributed by atoms with Crippen molar-refractivity contribution in [1.82, 2.24) is 0 Å². The molecule has 3 aliphatic heterocycles. The molecule has 1 amide bonds. The highest BCUT2D eigenvalue weighted by Crippen LogP contribution is 2.50. The molecule has 2 aromatic rings. The summed E-state index contributed by atoms with van der Waals surface area (Å²) in [6.07, 6.45) is 0. The van der Waals surface area contributed by atoms with Crippen molar-refractivity contribution in [3.8, 4) is 0 Å². The maximum absolute atomic E-state index is 13.2. The first-order valence-electron chi connectivity index (χ1n) is 9.90. The number of hydrogen-bond donors (Lipinski definition) is 0. The minimum absolute atomic E-state index is 0.0971. The summed E-state index contributed by atoms with van der Waals surface area (Å²) in [5, 5.41) is 8.92. The maximum atomic E-state index is 13.2. The van der Waals surface area contributed by atoms with Crippen LogP contribution in [-0.2, 0) is 10.9 Å². The molecule has 3 heterocycles. The summed E-state index contributed by atoms with van der Waals surface area (Å²) in [5.41, 5.74) is 3.13. The Morgan fingerprint density at radius 2 is 1.58 bits per heavy atom. The second kappa shape index (κ2) is 10.7. The maximum Gasteiger partial charge on any atom is 0.673 e. The van der Waals surface area contributed by atoms with E-state index in [1.807, 2.05) is 76.6 Å². The van der Waals surface area contributed by atoms with Crippen molar-refractivity contribution in [1.29, 1.82) is 0 Å². The zero-order valence-electron chi connectivity index (χ0n) is 17.1. The standard InChI is InChI=1S/C22H18NOS4.BF4/c24-20(16-6-2-1-3-7-16)23-14-17(18-8-4-5-9-19(18)23)15-28-13-12-27-22(28)21-25-10-11-26-21;2-1(3,4)5/h1-13,17H,14-15H2;/q+1;-1. The molecule has 11 heteroatoms. The van der Waals surface area contributed by atoms with Gasteiger partial charge in [0, 0.05) is 29.1 Å². The first kappa shape index (κ1) is 24.4. The van der Waals surface area contributed by atoms with Gasteiger partial charge in [0.05, 0.1) is 10.9 Å². The van der Waals surface area contributed by atoms with Gasteiger partial charge in [0.15, 0.2) is 0 Å². The van der Waals surface area contributed by atoms with Crippen LogP contribution in [0, 0.1) is 0 Å². The van der Waals surface area contributed by atoms with Crippen molar-refractivity contribution in [3.05, 3.63) is 95.8 Å². The summed E-state index contributed by atoms with van der Waals surface area (Å²) >= 11 is 5.53. The second-order valence-electron chi connectivity index (χ2n) is 7.10. The molecule has 2 nitrogen and oxygen atoms in total. The molecule has 2 aromatic carbocycles. The van der Waals surface area contributed by atoms with Gasteiger partial charge in [-0.1, -0.05) is 59.9 Å². The Hall–Kier alpha value is -1.69. The number of amides is 1. The van der Waals surface area contributed by atoms with Crippen LogP contribution < -0.4 is 4.90 Å². The number of benzene rings is 2. The Labute approximate surface area is 205 Å². The van der Waals surface area contributed by atoms with Crippen LogP contribution in [0.1, 0.15) is 21.8 Å². The molecule has 33 heavy (non-hydrogen) atoms. The first-order valence-corrected chi connectivity index (χ1v) is 14.0. The number of carbonyl (C=O) groups excluding carboxylic acids is 1. The molecule has 0 N–H and O–H groups in total. The summed E-state index contributed by atoms with van der Waals surface area (Å²) in [6, 6.07) is 18.0. The molecular weight excluding hydrogens is 509 g/mol. The summed E-state index contributed by atoms with van der Waals surface area (Å²) in [7, 11) is -5.88. The lowest BCUT2D eigenvalue weighted by molar-refractivity contribution is 0.0988. The average molecular weight is 527 g/mol. The van der Waals surface area contributed by atoms with E-state index in [9.17, 15) is 22.1 Å². The lowest BCUT2D eigenvalue weighted by atomic mass is 10.0. The van der Waals surface area contributed by atoms with Gasteiger partial charge in [-0.15, -0.1) is 0 Å². The Morgan fingerprint density at radius 3 is 2.27 bits per heavy atom. The molecule has 0 aromatic heterocycles. The number of hydrogen-bond acceptors (Lipinski definition) is 4. The molecule has 172 valence electrons. The Balaban J connectivity index is 0.000000471. The quantitative estimate of drug-likeness (QED) is 0.232. The zero-order valence-corrected chi connectivity index (χ0v) is 20.3. The van der Waals surface area contributed by atoms with E-state index in [1.54, 1.807) is 0 Å². The number of para-hydroxylation sites is 1. The van der Waals surface area contributed by atoms with Crippen molar-refractivity contribution in [2.75, 3.05) is 17.2 Å². The molecule has 0 spiro atoms. The molecule has 0 aliphatic carbocycles. The monoisotopic (exact) mass is 527 g/mol. The molecule has 0 bridgehead atoms. The fraction of sp³-hybridized carbons (Fsp3) is 0.136. The summed E-state index contributed by atoms with van der Waals surface area (Å²) < 4.78 is 41.9. The van der Waals surface area contributed by atoms with Gasteiger partial charge in [0.25, 0.3) is 5.91 Å². The van der Waals surface area contributed by atoms with Gasteiger partial charge in [-0.3, -0.25) is 4.79 Å². The van der Waals surface area contributed by atoms with Crippen molar-refractivity contribution >= 4 is 65.0 Å². The summed E-state index contributed by atoms with van der Waals surface area (Å²) in [6.45, 7) is 0.760. The van der Waals surface area contributed by atoms with Crippen molar-refractivity contribution < 1.29 is 22.1 Å². The Kier molecular flexibility index (Phi) is 7.93. The number of halogens is 4. The fourth-order valence-electron chi connectivity index (χ4n) is 3.65. The third-order valence-corrected chi connectivity index (χ3v) is 11.3. The molecule has 0 saturated carbocycles. The van der Waals surface area contributed by atoms with Crippen LogP contribution in [0.5, 0.6) is 0 Å². The molecule has 0 saturated heterocycles. The van der Waals surface area contributed by atoms with Gasteiger partial charge >= 0.3 is 7.25 Å². The van der Waals surface area contributed by atoms with Crippen LogP contribution in [0.3, 0.4) is 0 Å². The van der Waals surface area contributed by atoms with Gasteiger partial charge in [-0.2, -0.15) is 0 Å². The van der Waals surface area contributed by atoms with Crippen molar-refractivity contribution in [3.63, 3.8) is 0 Å². The number of nitrogens with zero attached hydrogens (tertiary/aromatic N) is 1. The lowest BCUT2D eigenvalue weighted by Crippen LogP contribution is -2.30. The normalized spacial score (nSPS) is 21.3. The number of rotatable bonds is 3. The number of carbonyl (C=O) groups is 1. The Bertz CT molecular complexity index is 1090. The van der Waals surface area contributed by atoms with Crippen LogP contribution >= 0.6 is 35.3 Å². The number of anilines is 1. The third-order valence-electron chi connectivity index (χ3n) is 4.92. The topological polar surface area (TPSA) is 20.3 Å². The minimum atomic E-state index is -6.00. The van der Waals surface area contributed by atoms with Crippen LogP contribution in [0.4, 0.5) is 23.0 Å². The molecule has 3 aliphatic rings. The fourth-order valence-corrected chi connectivity index (χ4v) is 9.93. The van der Waals surface area contributed by atoms with Crippen LogP contribution in [0.2, 0.25) is 0 Å². The van der Waals surface area contributed by atoms with Gasteiger partial charge in [-0.25, -0.2) is 0 Å². The smallest absolute Gasteiger partial charge is 0.418 e. The van der Waals surface area contributed by atoms with E-state index in [1.165, 1.54) is 14.0 Å². The highest BCUT2D eigenvalue weighted by atomic mass is 32.2. The zero-order chi connectivity index (χ0) is 23.4. The highest BCUT2D eigenvalue weighted by molar-refractivity contribution is 8.32. The molecular formula is C22H18BF4NOS4. The highest BCUT2D eigenvalue weighted by Gasteiger charge is 2.40. The van der Waals surface area contributed by atoms with Gasteiger partial charge in [0.2, 0.25) is 4.24 Å². The predicted octanol–water partition coefficient (Wildman–Crippen LogP) is 7.64. The van der Waals surface area contributed by atoms with E-state index in [2.05, 4.69) is 39.8 Å².